The first-order valence-corrected chi connectivity index (χ1v) is 8.10. The first-order valence-electron chi connectivity index (χ1n) is 8.10. The van der Waals surface area contributed by atoms with E-state index in [0.29, 0.717) is 18.9 Å². The number of carbonyl (C=O) groups excluding carboxylic acids is 1. The Morgan fingerprint density at radius 2 is 2.09 bits per heavy atom. The number of aromatic nitrogens is 1. The quantitative estimate of drug-likeness (QED) is 0.874. The Morgan fingerprint density at radius 3 is 2.87 bits per heavy atom. The molecule has 0 saturated carbocycles. The Hall–Kier alpha value is -2.14. The summed E-state index contributed by atoms with van der Waals surface area (Å²) in [5.74, 6) is 0.802. The SMILES string of the molecule is O=C1CC[C@]2(CCOC2)CN1Cc1coc(-c2ccccc2)n1. The molecule has 1 aromatic heterocycles. The summed E-state index contributed by atoms with van der Waals surface area (Å²) in [6.07, 6.45) is 4.25. The van der Waals surface area contributed by atoms with Crippen molar-refractivity contribution in [2.45, 2.75) is 25.8 Å². The van der Waals surface area contributed by atoms with Crippen LogP contribution in [0.2, 0.25) is 0 Å². The van der Waals surface area contributed by atoms with Crippen LogP contribution < -0.4 is 0 Å². The van der Waals surface area contributed by atoms with E-state index in [-0.39, 0.29) is 11.3 Å². The third-order valence-corrected chi connectivity index (χ3v) is 4.86. The Morgan fingerprint density at radius 1 is 1.22 bits per heavy atom. The molecular weight excluding hydrogens is 292 g/mol. The van der Waals surface area contributed by atoms with Gasteiger partial charge in [0.2, 0.25) is 11.8 Å². The van der Waals surface area contributed by atoms with Gasteiger partial charge in [0.05, 0.1) is 18.8 Å². The summed E-state index contributed by atoms with van der Waals surface area (Å²) < 4.78 is 11.1. The van der Waals surface area contributed by atoms with Gasteiger partial charge in [-0.25, -0.2) is 4.98 Å². The Bertz CT molecular complexity index is 689. The van der Waals surface area contributed by atoms with E-state index in [0.717, 1.165) is 43.9 Å². The zero-order valence-electron chi connectivity index (χ0n) is 13.0. The lowest BCUT2D eigenvalue weighted by molar-refractivity contribution is -0.138. The van der Waals surface area contributed by atoms with Crippen molar-refractivity contribution in [1.29, 1.82) is 0 Å². The molecule has 2 aliphatic rings. The largest absolute Gasteiger partial charge is 0.444 e. The van der Waals surface area contributed by atoms with Crippen molar-refractivity contribution in [3.8, 4) is 11.5 Å². The van der Waals surface area contributed by atoms with Crippen molar-refractivity contribution in [3.63, 3.8) is 0 Å². The molecule has 1 aromatic carbocycles. The standard InChI is InChI=1S/C18H20N2O3/c21-16-6-7-18(8-9-22-13-18)12-20(16)10-15-11-23-17(19-15)14-4-2-1-3-5-14/h1-5,11H,6-10,12-13H2/t18-/m0/s1. The van der Waals surface area contributed by atoms with Gasteiger partial charge < -0.3 is 14.1 Å². The van der Waals surface area contributed by atoms with Crippen LogP contribution in [0.1, 0.15) is 25.0 Å². The Balaban J connectivity index is 1.49. The molecule has 1 spiro atoms. The normalized spacial score (nSPS) is 24.5. The third-order valence-electron chi connectivity index (χ3n) is 4.86. The van der Waals surface area contributed by atoms with Gasteiger partial charge in [0, 0.05) is 30.6 Å². The van der Waals surface area contributed by atoms with Crippen LogP contribution in [0.15, 0.2) is 41.0 Å². The van der Waals surface area contributed by atoms with E-state index in [4.69, 9.17) is 9.15 Å². The van der Waals surface area contributed by atoms with Crippen LogP contribution in [0.25, 0.3) is 11.5 Å². The first kappa shape index (κ1) is 14.5. The highest BCUT2D eigenvalue weighted by Gasteiger charge is 2.41. The molecule has 0 unspecified atom stereocenters. The zero-order chi connectivity index (χ0) is 15.7. The molecule has 5 heteroatoms. The zero-order valence-corrected chi connectivity index (χ0v) is 13.0. The van der Waals surface area contributed by atoms with Gasteiger partial charge in [0.15, 0.2) is 0 Å². The molecule has 4 rings (SSSR count). The van der Waals surface area contributed by atoms with Gasteiger partial charge in [-0.1, -0.05) is 18.2 Å². The molecule has 3 heterocycles. The average Bonchev–Trinajstić information content (AvgIpc) is 3.22. The number of hydrogen-bond donors (Lipinski definition) is 0. The van der Waals surface area contributed by atoms with Gasteiger partial charge in [0.25, 0.3) is 0 Å². The number of benzene rings is 1. The predicted molar refractivity (Wildman–Crippen MR) is 84.5 cm³/mol. The van der Waals surface area contributed by atoms with E-state index in [1.807, 2.05) is 35.2 Å². The fourth-order valence-corrected chi connectivity index (χ4v) is 3.51. The maximum absolute atomic E-state index is 12.2. The fraction of sp³-hybridized carbons (Fsp3) is 0.444. The third kappa shape index (κ3) is 2.88. The second-order valence-electron chi connectivity index (χ2n) is 6.56. The minimum absolute atomic E-state index is 0.153. The molecule has 5 nitrogen and oxygen atoms in total. The highest BCUT2D eigenvalue weighted by molar-refractivity contribution is 5.77. The van der Waals surface area contributed by atoms with E-state index >= 15 is 0 Å². The lowest BCUT2D eigenvalue weighted by Gasteiger charge is -2.38. The Kier molecular flexibility index (Phi) is 3.65. The number of oxazole rings is 1. The second kappa shape index (κ2) is 5.81. The number of amides is 1. The summed E-state index contributed by atoms with van der Waals surface area (Å²) in [5.41, 5.74) is 1.90. The summed E-state index contributed by atoms with van der Waals surface area (Å²) in [6, 6.07) is 9.80. The molecule has 120 valence electrons. The average molecular weight is 312 g/mol. The summed E-state index contributed by atoms with van der Waals surface area (Å²) in [6.45, 7) is 2.85. The van der Waals surface area contributed by atoms with Crippen LogP contribution in [-0.4, -0.2) is 35.5 Å². The molecule has 2 aliphatic heterocycles. The summed E-state index contributed by atoms with van der Waals surface area (Å²) in [7, 11) is 0. The number of ether oxygens (including phenoxy) is 1. The van der Waals surface area contributed by atoms with Crippen molar-refractivity contribution in [2.75, 3.05) is 19.8 Å². The van der Waals surface area contributed by atoms with Gasteiger partial charge >= 0.3 is 0 Å². The van der Waals surface area contributed by atoms with E-state index in [1.54, 1.807) is 6.26 Å². The number of piperidine rings is 1. The van der Waals surface area contributed by atoms with Gasteiger partial charge in [-0.05, 0) is 25.0 Å². The number of likely N-dealkylation sites (tertiary alicyclic amines) is 1. The smallest absolute Gasteiger partial charge is 0.226 e. The van der Waals surface area contributed by atoms with Crippen LogP contribution in [0.5, 0.6) is 0 Å². The van der Waals surface area contributed by atoms with Gasteiger partial charge in [-0.15, -0.1) is 0 Å². The summed E-state index contributed by atoms with van der Waals surface area (Å²) in [4.78, 5) is 18.7. The van der Waals surface area contributed by atoms with Crippen molar-refractivity contribution in [3.05, 3.63) is 42.3 Å². The molecule has 2 aromatic rings. The van der Waals surface area contributed by atoms with Crippen LogP contribution in [0.4, 0.5) is 0 Å². The van der Waals surface area contributed by atoms with E-state index < -0.39 is 0 Å². The van der Waals surface area contributed by atoms with E-state index in [9.17, 15) is 4.79 Å². The van der Waals surface area contributed by atoms with Crippen molar-refractivity contribution < 1.29 is 13.9 Å². The van der Waals surface area contributed by atoms with Crippen LogP contribution in [-0.2, 0) is 16.1 Å². The molecule has 0 bridgehead atoms. The molecule has 1 amide bonds. The van der Waals surface area contributed by atoms with Crippen molar-refractivity contribution >= 4 is 5.91 Å². The lowest BCUT2D eigenvalue weighted by Crippen LogP contribution is -2.46. The minimum Gasteiger partial charge on any atom is -0.444 e. The molecule has 2 saturated heterocycles. The number of rotatable bonds is 3. The van der Waals surface area contributed by atoms with Crippen LogP contribution in [0, 0.1) is 5.41 Å². The van der Waals surface area contributed by atoms with Gasteiger partial charge in [-0.2, -0.15) is 0 Å². The van der Waals surface area contributed by atoms with Crippen LogP contribution >= 0.6 is 0 Å². The maximum Gasteiger partial charge on any atom is 0.226 e. The van der Waals surface area contributed by atoms with Crippen LogP contribution in [0.3, 0.4) is 0 Å². The van der Waals surface area contributed by atoms with Gasteiger partial charge in [-0.3, -0.25) is 4.79 Å². The molecular formula is C18H20N2O3. The van der Waals surface area contributed by atoms with Crippen molar-refractivity contribution in [2.24, 2.45) is 5.41 Å². The monoisotopic (exact) mass is 312 g/mol. The minimum atomic E-state index is 0.153. The lowest BCUT2D eigenvalue weighted by atomic mass is 9.79. The number of carbonyl (C=O) groups is 1. The highest BCUT2D eigenvalue weighted by Crippen LogP contribution is 2.38. The highest BCUT2D eigenvalue weighted by atomic mass is 16.5. The summed E-state index contributed by atoms with van der Waals surface area (Å²) >= 11 is 0. The summed E-state index contributed by atoms with van der Waals surface area (Å²) in [5, 5.41) is 0. The molecule has 23 heavy (non-hydrogen) atoms. The van der Waals surface area contributed by atoms with Crippen molar-refractivity contribution in [1.82, 2.24) is 9.88 Å². The Labute approximate surface area is 135 Å². The molecule has 0 radical (unpaired) electrons. The van der Waals surface area contributed by atoms with E-state index in [2.05, 4.69) is 4.98 Å². The molecule has 0 aliphatic carbocycles. The number of hydrogen-bond acceptors (Lipinski definition) is 4. The topological polar surface area (TPSA) is 55.6 Å². The fourth-order valence-electron chi connectivity index (χ4n) is 3.51. The molecule has 1 atom stereocenters. The van der Waals surface area contributed by atoms with E-state index in [1.165, 1.54) is 0 Å². The first-order chi connectivity index (χ1) is 11.2. The predicted octanol–water partition coefficient (Wildman–Crippen LogP) is 2.87. The molecule has 2 fully saturated rings. The van der Waals surface area contributed by atoms with Gasteiger partial charge in [0.1, 0.15) is 6.26 Å². The molecule has 0 N–H and O–H groups in total. The second-order valence-corrected chi connectivity index (χ2v) is 6.56. The number of nitrogens with zero attached hydrogens (tertiary/aromatic N) is 2. The maximum atomic E-state index is 12.2.